The van der Waals surface area contributed by atoms with Crippen LogP contribution in [0.4, 0.5) is 11.5 Å². The largest absolute Gasteiger partial charge is 0.334 e. The Balaban J connectivity index is 2.40. The van der Waals surface area contributed by atoms with Crippen molar-refractivity contribution in [3.8, 4) is 0 Å². The van der Waals surface area contributed by atoms with E-state index >= 15 is 0 Å². The van der Waals surface area contributed by atoms with Crippen LogP contribution in [0.3, 0.4) is 0 Å². The Morgan fingerprint density at radius 1 is 1.50 bits per heavy atom. The third-order valence-corrected chi connectivity index (χ3v) is 2.56. The van der Waals surface area contributed by atoms with Crippen molar-refractivity contribution in [3.63, 3.8) is 0 Å². The molecule has 0 bridgehead atoms. The van der Waals surface area contributed by atoms with Gasteiger partial charge in [0.1, 0.15) is 5.82 Å². The first-order chi connectivity index (χ1) is 9.51. The van der Waals surface area contributed by atoms with Crippen LogP contribution in [0.15, 0.2) is 29.2 Å². The predicted octanol–water partition coefficient (Wildman–Crippen LogP) is 0.189. The van der Waals surface area contributed by atoms with Crippen LogP contribution in [-0.2, 0) is 6.54 Å². The highest BCUT2D eigenvalue weighted by Crippen LogP contribution is 2.07. The first-order valence-corrected chi connectivity index (χ1v) is 5.66. The van der Waals surface area contributed by atoms with Gasteiger partial charge in [0.05, 0.1) is 11.5 Å². The van der Waals surface area contributed by atoms with Gasteiger partial charge in [-0.05, 0) is 13.0 Å². The lowest BCUT2D eigenvalue weighted by molar-refractivity contribution is -0.386. The van der Waals surface area contributed by atoms with Crippen LogP contribution in [-0.4, -0.2) is 19.5 Å². The van der Waals surface area contributed by atoms with Crippen LogP contribution in [0.25, 0.3) is 0 Å². The Labute approximate surface area is 113 Å². The van der Waals surface area contributed by atoms with Gasteiger partial charge in [-0.25, -0.2) is 15.8 Å². The summed E-state index contributed by atoms with van der Waals surface area (Å²) >= 11 is 0. The van der Waals surface area contributed by atoms with Crippen molar-refractivity contribution in [1.82, 2.24) is 14.5 Å². The van der Waals surface area contributed by atoms with Crippen molar-refractivity contribution in [2.75, 3.05) is 5.43 Å². The molecular weight excluding hydrogens is 264 g/mol. The SMILES string of the molecule is Cc1cc(NN)nc(Cn2cccc([N+](=O)[O-])c2=O)n1. The molecular formula is C11H12N6O3. The van der Waals surface area contributed by atoms with E-state index < -0.39 is 16.2 Å². The molecule has 0 aliphatic heterocycles. The molecule has 20 heavy (non-hydrogen) atoms. The Kier molecular flexibility index (Phi) is 3.71. The number of anilines is 1. The van der Waals surface area contributed by atoms with Gasteiger partial charge >= 0.3 is 11.2 Å². The number of nitrogen functional groups attached to an aromatic ring is 1. The number of hydrogen-bond acceptors (Lipinski definition) is 7. The van der Waals surface area contributed by atoms with E-state index in [1.165, 1.54) is 16.8 Å². The molecule has 0 amide bonds. The second kappa shape index (κ2) is 5.45. The number of nitrogens with one attached hydrogen (secondary N) is 1. The minimum atomic E-state index is -0.719. The zero-order chi connectivity index (χ0) is 14.7. The van der Waals surface area contributed by atoms with E-state index in [-0.39, 0.29) is 6.54 Å². The molecule has 2 aromatic rings. The molecule has 2 rings (SSSR count). The number of pyridine rings is 1. The van der Waals surface area contributed by atoms with Gasteiger partial charge in [0.15, 0.2) is 5.82 Å². The fourth-order valence-corrected chi connectivity index (χ4v) is 1.71. The molecule has 2 heterocycles. The van der Waals surface area contributed by atoms with Gasteiger partial charge in [-0.15, -0.1) is 0 Å². The molecule has 9 nitrogen and oxygen atoms in total. The fourth-order valence-electron chi connectivity index (χ4n) is 1.71. The number of nitrogens with two attached hydrogens (primary N) is 1. The van der Waals surface area contributed by atoms with Crippen LogP contribution in [0, 0.1) is 17.0 Å². The molecule has 9 heteroatoms. The first-order valence-electron chi connectivity index (χ1n) is 5.66. The van der Waals surface area contributed by atoms with E-state index in [1.807, 2.05) is 0 Å². The van der Waals surface area contributed by atoms with Crippen LogP contribution in [0.2, 0.25) is 0 Å². The number of nitrogens with zero attached hydrogens (tertiary/aromatic N) is 4. The quantitative estimate of drug-likeness (QED) is 0.463. The topological polar surface area (TPSA) is 129 Å². The van der Waals surface area contributed by atoms with Crippen molar-refractivity contribution in [2.24, 2.45) is 5.84 Å². The molecule has 0 aromatic carbocycles. The lowest BCUT2D eigenvalue weighted by Crippen LogP contribution is -2.23. The van der Waals surface area contributed by atoms with Gasteiger partial charge in [-0.3, -0.25) is 14.9 Å². The van der Waals surface area contributed by atoms with Gasteiger partial charge in [0, 0.05) is 24.0 Å². The zero-order valence-corrected chi connectivity index (χ0v) is 10.6. The lowest BCUT2D eigenvalue weighted by Gasteiger charge is -2.07. The molecule has 0 spiro atoms. The van der Waals surface area contributed by atoms with Gasteiger partial charge in [0.25, 0.3) is 0 Å². The number of aromatic nitrogens is 3. The highest BCUT2D eigenvalue weighted by atomic mass is 16.6. The van der Waals surface area contributed by atoms with E-state index in [1.54, 1.807) is 13.0 Å². The predicted molar refractivity (Wildman–Crippen MR) is 71.0 cm³/mol. The number of hydrogen-bond donors (Lipinski definition) is 2. The molecule has 0 saturated carbocycles. The first kappa shape index (κ1) is 13.6. The summed E-state index contributed by atoms with van der Waals surface area (Å²) in [5.74, 6) is 6.02. The summed E-state index contributed by atoms with van der Waals surface area (Å²) in [7, 11) is 0. The minimum Gasteiger partial charge on any atom is -0.308 e. The summed E-state index contributed by atoms with van der Waals surface area (Å²) < 4.78 is 1.17. The van der Waals surface area contributed by atoms with E-state index in [2.05, 4.69) is 15.4 Å². The molecule has 0 aliphatic rings. The Morgan fingerprint density at radius 3 is 2.90 bits per heavy atom. The summed E-state index contributed by atoms with van der Waals surface area (Å²) in [6.07, 6.45) is 1.44. The highest BCUT2D eigenvalue weighted by Gasteiger charge is 2.14. The van der Waals surface area contributed by atoms with Crippen LogP contribution < -0.4 is 16.8 Å². The molecule has 0 fully saturated rings. The number of rotatable bonds is 4. The average molecular weight is 276 g/mol. The van der Waals surface area contributed by atoms with E-state index in [9.17, 15) is 14.9 Å². The third kappa shape index (κ3) is 2.78. The summed E-state index contributed by atoms with van der Waals surface area (Å²) in [6.45, 7) is 1.78. The Morgan fingerprint density at radius 2 is 2.25 bits per heavy atom. The van der Waals surface area contributed by atoms with Crippen LogP contribution in [0.1, 0.15) is 11.5 Å². The minimum absolute atomic E-state index is 0.0247. The maximum atomic E-state index is 11.9. The molecule has 3 N–H and O–H groups in total. The van der Waals surface area contributed by atoms with Gasteiger partial charge in [-0.2, -0.15) is 0 Å². The second-order valence-electron chi connectivity index (χ2n) is 4.04. The van der Waals surface area contributed by atoms with Crippen molar-refractivity contribution in [2.45, 2.75) is 13.5 Å². The van der Waals surface area contributed by atoms with Crippen LogP contribution in [0.5, 0.6) is 0 Å². The summed E-state index contributed by atoms with van der Waals surface area (Å²) in [4.78, 5) is 30.1. The lowest BCUT2D eigenvalue weighted by atomic mass is 10.4. The Hall–Kier alpha value is -2.81. The molecule has 0 radical (unpaired) electrons. The van der Waals surface area contributed by atoms with Crippen molar-refractivity contribution in [1.29, 1.82) is 0 Å². The molecule has 104 valence electrons. The number of hydrazine groups is 1. The molecule has 0 saturated heterocycles. The zero-order valence-electron chi connectivity index (χ0n) is 10.6. The van der Waals surface area contributed by atoms with E-state index in [0.717, 1.165) is 6.07 Å². The van der Waals surface area contributed by atoms with E-state index in [0.29, 0.717) is 17.3 Å². The molecule has 0 atom stereocenters. The molecule has 2 aromatic heterocycles. The van der Waals surface area contributed by atoms with E-state index in [4.69, 9.17) is 5.84 Å². The maximum Gasteiger partial charge on any atom is 0.334 e. The van der Waals surface area contributed by atoms with Crippen LogP contribution >= 0.6 is 0 Å². The van der Waals surface area contributed by atoms with Gasteiger partial charge in [0.2, 0.25) is 0 Å². The summed E-state index contributed by atoms with van der Waals surface area (Å²) in [5, 5.41) is 10.7. The maximum absolute atomic E-state index is 11.9. The van der Waals surface area contributed by atoms with Crippen molar-refractivity contribution < 1.29 is 4.92 Å². The number of nitro groups is 1. The fraction of sp³-hybridized carbons (Fsp3) is 0.182. The normalized spacial score (nSPS) is 10.3. The third-order valence-electron chi connectivity index (χ3n) is 2.56. The molecule has 0 unspecified atom stereocenters. The Bertz CT molecular complexity index is 712. The second-order valence-corrected chi connectivity index (χ2v) is 4.04. The number of aryl methyl sites for hydroxylation is 1. The summed E-state index contributed by atoms with van der Waals surface area (Å²) in [5.41, 5.74) is 1.87. The molecule has 0 aliphatic carbocycles. The van der Waals surface area contributed by atoms with Gasteiger partial charge in [-0.1, -0.05) is 0 Å². The van der Waals surface area contributed by atoms with Crippen molar-refractivity contribution in [3.05, 3.63) is 56.4 Å². The monoisotopic (exact) mass is 276 g/mol. The van der Waals surface area contributed by atoms with Crippen molar-refractivity contribution >= 4 is 11.5 Å². The highest BCUT2D eigenvalue weighted by molar-refractivity contribution is 5.34. The summed E-state index contributed by atoms with van der Waals surface area (Å²) in [6, 6.07) is 4.22. The average Bonchev–Trinajstić information content (AvgIpc) is 2.40. The standard InChI is InChI=1S/C11H12N6O3/c1-7-5-9(15-12)14-10(13-7)6-16-4-2-3-8(11(16)18)17(19)20/h2-5H,6,12H2,1H3,(H,13,14,15). The smallest absolute Gasteiger partial charge is 0.308 e. The van der Waals surface area contributed by atoms with Gasteiger partial charge < -0.3 is 9.99 Å².